The molecule has 2 amide bonds. The van der Waals surface area contributed by atoms with E-state index in [-0.39, 0.29) is 31.1 Å². The second kappa shape index (κ2) is 18.8. The van der Waals surface area contributed by atoms with Crippen LogP contribution in [0.2, 0.25) is 0 Å². The SMILES string of the molecule is O=C(CCCCCC(=O)NCc1cccc(-c2cccc([C@@H]3O[C@H](CN4CCCCCCC4)C[C@H](c4ccc(CO)cc4)O3)c2)c1)NO. The van der Waals surface area contributed by atoms with Gasteiger partial charge < -0.3 is 24.8 Å². The fraction of sp³-hybridized carbons (Fsp3) is 0.487. The Kier molecular flexibility index (Phi) is 14.0. The molecule has 48 heavy (non-hydrogen) atoms. The van der Waals surface area contributed by atoms with Gasteiger partial charge in [0, 0.05) is 37.9 Å². The van der Waals surface area contributed by atoms with Gasteiger partial charge in [0.05, 0.1) is 18.8 Å². The highest BCUT2D eigenvalue weighted by molar-refractivity contribution is 5.76. The minimum absolute atomic E-state index is 0.0184. The first-order chi connectivity index (χ1) is 23.5. The zero-order valence-electron chi connectivity index (χ0n) is 27.9. The average Bonchev–Trinajstić information content (AvgIpc) is 3.11. The van der Waals surface area contributed by atoms with Crippen molar-refractivity contribution in [2.75, 3.05) is 19.6 Å². The highest BCUT2D eigenvalue weighted by atomic mass is 16.7. The molecule has 0 aliphatic carbocycles. The molecule has 9 nitrogen and oxygen atoms in total. The summed E-state index contributed by atoms with van der Waals surface area (Å²) in [4.78, 5) is 26.1. The smallest absolute Gasteiger partial charge is 0.243 e. The molecule has 3 aromatic rings. The van der Waals surface area contributed by atoms with E-state index >= 15 is 0 Å². The van der Waals surface area contributed by atoms with Crippen molar-refractivity contribution >= 4 is 11.8 Å². The quantitative estimate of drug-likeness (QED) is 0.0862. The van der Waals surface area contributed by atoms with E-state index in [0.717, 1.165) is 65.9 Å². The van der Waals surface area contributed by atoms with Crippen LogP contribution in [0, 0.1) is 0 Å². The molecule has 5 rings (SSSR count). The maximum atomic E-state index is 12.4. The Morgan fingerprint density at radius 1 is 0.750 bits per heavy atom. The lowest BCUT2D eigenvalue weighted by molar-refractivity contribution is -0.253. The van der Waals surface area contributed by atoms with Crippen LogP contribution >= 0.6 is 0 Å². The standard InChI is InChI=1S/C39H51N3O6/c43-28-29-17-19-31(20-18-29)36-25-35(27-42-21-7-2-1-3-8-22-42)47-39(48-36)34-14-10-13-33(24-34)32-12-9-11-30(23-32)26-40-37(44)15-5-4-6-16-38(45)41-46/h9-14,17-20,23-24,35-36,39,43,46H,1-8,15-16,21-22,25-28H2,(H,40,44)(H,41,45)/t35-,36+,39+/m0/s1. The molecule has 2 fully saturated rings. The molecule has 0 spiro atoms. The maximum Gasteiger partial charge on any atom is 0.243 e. The van der Waals surface area contributed by atoms with E-state index in [1.54, 1.807) is 5.48 Å². The molecular formula is C39H51N3O6. The summed E-state index contributed by atoms with van der Waals surface area (Å²) in [6, 6.07) is 24.6. The van der Waals surface area contributed by atoms with E-state index in [1.807, 2.05) is 30.3 Å². The third-order valence-electron chi connectivity index (χ3n) is 9.37. The lowest BCUT2D eigenvalue weighted by Gasteiger charge is -2.39. The zero-order chi connectivity index (χ0) is 33.6. The summed E-state index contributed by atoms with van der Waals surface area (Å²) < 4.78 is 13.4. The summed E-state index contributed by atoms with van der Waals surface area (Å²) in [7, 11) is 0. The van der Waals surface area contributed by atoms with Gasteiger partial charge in [-0.1, -0.05) is 86.3 Å². The summed E-state index contributed by atoms with van der Waals surface area (Å²) in [6.45, 7) is 3.56. The molecule has 258 valence electrons. The van der Waals surface area contributed by atoms with Crippen molar-refractivity contribution in [3.05, 3.63) is 95.1 Å². The molecule has 2 aliphatic rings. The van der Waals surface area contributed by atoms with Gasteiger partial charge in [0.1, 0.15) is 0 Å². The number of benzene rings is 3. The second-order valence-electron chi connectivity index (χ2n) is 13.1. The lowest BCUT2D eigenvalue weighted by Crippen LogP contribution is -2.40. The number of carbonyl (C=O) groups excluding carboxylic acids is 2. The van der Waals surface area contributed by atoms with Crippen LogP contribution in [-0.4, -0.2) is 52.8 Å². The normalized spacial score (nSPS) is 20.4. The number of aliphatic hydroxyl groups is 1. The number of hydrogen-bond acceptors (Lipinski definition) is 7. The molecule has 0 radical (unpaired) electrons. The zero-order valence-corrected chi connectivity index (χ0v) is 27.9. The minimum atomic E-state index is -0.513. The molecule has 3 atom stereocenters. The number of amides is 2. The Balaban J connectivity index is 1.24. The van der Waals surface area contributed by atoms with Crippen molar-refractivity contribution in [1.82, 2.24) is 15.7 Å². The summed E-state index contributed by atoms with van der Waals surface area (Å²) in [5, 5.41) is 21.2. The van der Waals surface area contributed by atoms with Crippen LogP contribution in [0.3, 0.4) is 0 Å². The van der Waals surface area contributed by atoms with Gasteiger partial charge in [-0.25, -0.2) is 5.48 Å². The number of hydroxylamine groups is 1. The van der Waals surface area contributed by atoms with Crippen LogP contribution in [0.15, 0.2) is 72.8 Å². The van der Waals surface area contributed by atoms with Crippen molar-refractivity contribution in [3.63, 3.8) is 0 Å². The van der Waals surface area contributed by atoms with Crippen molar-refractivity contribution < 1.29 is 29.4 Å². The molecule has 2 heterocycles. The van der Waals surface area contributed by atoms with Crippen molar-refractivity contribution in [2.45, 2.75) is 102 Å². The molecule has 0 saturated carbocycles. The van der Waals surface area contributed by atoms with Gasteiger partial charge in [-0.2, -0.15) is 0 Å². The average molecular weight is 658 g/mol. The van der Waals surface area contributed by atoms with E-state index in [9.17, 15) is 14.7 Å². The summed E-state index contributed by atoms with van der Waals surface area (Å²) in [5.74, 6) is -0.424. The monoisotopic (exact) mass is 657 g/mol. The Bertz CT molecular complexity index is 1440. The van der Waals surface area contributed by atoms with Gasteiger partial charge in [0.2, 0.25) is 11.8 Å². The first-order valence-electron chi connectivity index (χ1n) is 17.6. The predicted octanol–water partition coefficient (Wildman–Crippen LogP) is 6.73. The van der Waals surface area contributed by atoms with Crippen LogP contribution in [0.25, 0.3) is 11.1 Å². The summed E-state index contributed by atoms with van der Waals surface area (Å²) >= 11 is 0. The van der Waals surface area contributed by atoms with Gasteiger partial charge in [-0.15, -0.1) is 0 Å². The number of unbranched alkanes of at least 4 members (excludes halogenated alkanes) is 2. The molecule has 9 heteroatoms. The number of carbonyl (C=O) groups is 2. The number of nitrogens with one attached hydrogen (secondary N) is 2. The van der Waals surface area contributed by atoms with Crippen molar-refractivity contribution in [1.29, 1.82) is 0 Å². The van der Waals surface area contributed by atoms with E-state index in [1.165, 1.54) is 32.1 Å². The Morgan fingerprint density at radius 3 is 2.17 bits per heavy atom. The van der Waals surface area contributed by atoms with Crippen LogP contribution in [0.1, 0.15) is 105 Å². The molecule has 0 bridgehead atoms. The predicted molar refractivity (Wildman–Crippen MR) is 185 cm³/mol. The number of rotatable bonds is 14. The summed E-state index contributed by atoms with van der Waals surface area (Å²) in [5.41, 5.74) is 7.69. The molecule has 0 unspecified atom stereocenters. The second-order valence-corrected chi connectivity index (χ2v) is 13.1. The summed E-state index contributed by atoms with van der Waals surface area (Å²) in [6.07, 6.45) is 9.29. The maximum absolute atomic E-state index is 12.4. The van der Waals surface area contributed by atoms with Crippen LogP contribution in [0.5, 0.6) is 0 Å². The molecule has 0 aromatic heterocycles. The van der Waals surface area contributed by atoms with Crippen molar-refractivity contribution in [2.24, 2.45) is 0 Å². The van der Waals surface area contributed by atoms with Gasteiger partial charge in [-0.3, -0.25) is 14.8 Å². The van der Waals surface area contributed by atoms with Gasteiger partial charge in [0.15, 0.2) is 6.29 Å². The lowest BCUT2D eigenvalue weighted by atomic mass is 9.98. The van der Waals surface area contributed by atoms with E-state index < -0.39 is 12.2 Å². The minimum Gasteiger partial charge on any atom is -0.392 e. The largest absolute Gasteiger partial charge is 0.392 e. The van der Waals surface area contributed by atoms with Gasteiger partial charge in [0.25, 0.3) is 0 Å². The molecule has 3 aromatic carbocycles. The number of likely N-dealkylation sites (tertiary alicyclic amines) is 1. The highest BCUT2D eigenvalue weighted by Gasteiger charge is 2.33. The third-order valence-corrected chi connectivity index (χ3v) is 9.37. The third kappa shape index (κ3) is 11.0. The molecule has 4 N–H and O–H groups in total. The van der Waals surface area contributed by atoms with Gasteiger partial charge in [-0.05, 0) is 78.7 Å². The number of nitrogens with zero attached hydrogens (tertiary/aromatic N) is 1. The Labute approximate surface area is 284 Å². The molecule has 2 saturated heterocycles. The Hall–Kier alpha value is -3.60. The number of hydrogen-bond donors (Lipinski definition) is 4. The first kappa shape index (κ1) is 35.7. The first-order valence-corrected chi connectivity index (χ1v) is 17.6. The van der Waals surface area contributed by atoms with Gasteiger partial charge >= 0.3 is 0 Å². The highest BCUT2D eigenvalue weighted by Crippen LogP contribution is 2.39. The Morgan fingerprint density at radius 2 is 1.44 bits per heavy atom. The fourth-order valence-corrected chi connectivity index (χ4v) is 6.64. The number of aliphatic hydroxyl groups excluding tert-OH is 1. The molecular weight excluding hydrogens is 606 g/mol. The van der Waals surface area contributed by atoms with Crippen LogP contribution in [-0.2, 0) is 32.2 Å². The van der Waals surface area contributed by atoms with E-state index in [0.29, 0.717) is 25.8 Å². The fourth-order valence-electron chi connectivity index (χ4n) is 6.64. The van der Waals surface area contributed by atoms with Crippen LogP contribution in [0.4, 0.5) is 0 Å². The van der Waals surface area contributed by atoms with E-state index in [4.69, 9.17) is 14.7 Å². The topological polar surface area (TPSA) is 120 Å². The van der Waals surface area contributed by atoms with E-state index in [2.05, 4.69) is 52.7 Å². The molecule has 2 aliphatic heterocycles. The van der Waals surface area contributed by atoms with Crippen molar-refractivity contribution in [3.8, 4) is 11.1 Å². The van der Waals surface area contributed by atoms with Crippen LogP contribution < -0.4 is 10.8 Å². The number of ether oxygens (including phenoxy) is 2.